The van der Waals surface area contributed by atoms with Crippen molar-refractivity contribution in [1.82, 2.24) is 14.3 Å². The van der Waals surface area contributed by atoms with E-state index in [0.29, 0.717) is 5.92 Å². The first kappa shape index (κ1) is 12.0. The zero-order valence-corrected chi connectivity index (χ0v) is 11.4. The average Bonchev–Trinajstić information content (AvgIpc) is 2.84. The van der Waals surface area contributed by atoms with Gasteiger partial charge in [-0.25, -0.2) is 4.98 Å². The molecule has 1 fully saturated rings. The Morgan fingerprint density at radius 2 is 2.11 bits per heavy atom. The van der Waals surface area contributed by atoms with Crippen LogP contribution < -0.4 is 0 Å². The normalized spacial score (nSPS) is 18.6. The van der Waals surface area contributed by atoms with E-state index in [1.165, 1.54) is 25.9 Å². The van der Waals surface area contributed by atoms with E-state index in [0.717, 1.165) is 23.0 Å². The third-order valence-corrected chi connectivity index (χ3v) is 4.23. The second kappa shape index (κ2) is 4.90. The number of hydrogen-bond acceptors (Lipinski definition) is 2. The molecule has 0 unspecified atom stereocenters. The largest absolute Gasteiger partial charge is 0.304 e. The number of halogens is 1. The second-order valence-electron chi connectivity index (χ2n) is 4.93. The molecule has 3 nitrogen and oxygen atoms in total. The van der Waals surface area contributed by atoms with Crippen LogP contribution in [0.15, 0.2) is 24.4 Å². The van der Waals surface area contributed by atoms with Crippen LogP contribution >= 0.6 is 11.6 Å². The van der Waals surface area contributed by atoms with Crippen molar-refractivity contribution in [1.29, 1.82) is 0 Å². The molecule has 3 heterocycles. The molecule has 0 radical (unpaired) electrons. The fraction of sp³-hybridized carbons (Fsp3) is 0.500. The standard InChI is InChI=1S/C14H18ClN3/c1-2-17-8-6-11(7-9-17)14-16-10-12-4-3-5-13(15)18(12)14/h3-5,10-11H,2,6-9H2,1H3. The zero-order chi connectivity index (χ0) is 12.5. The summed E-state index contributed by atoms with van der Waals surface area (Å²) >= 11 is 6.29. The van der Waals surface area contributed by atoms with Crippen LogP contribution in [0.1, 0.15) is 31.5 Å². The van der Waals surface area contributed by atoms with Crippen LogP contribution in [-0.4, -0.2) is 33.9 Å². The molecule has 2 aromatic heterocycles. The Bertz CT molecular complexity index is 541. The molecular weight excluding hydrogens is 246 g/mol. The summed E-state index contributed by atoms with van der Waals surface area (Å²) in [6.07, 6.45) is 4.28. The van der Waals surface area contributed by atoms with Crippen LogP contribution in [-0.2, 0) is 0 Å². The quantitative estimate of drug-likeness (QED) is 0.776. The van der Waals surface area contributed by atoms with Crippen LogP contribution in [0.4, 0.5) is 0 Å². The van der Waals surface area contributed by atoms with E-state index < -0.39 is 0 Å². The first-order valence-electron chi connectivity index (χ1n) is 6.64. The highest BCUT2D eigenvalue weighted by atomic mass is 35.5. The van der Waals surface area contributed by atoms with Gasteiger partial charge in [0.15, 0.2) is 0 Å². The molecule has 1 aliphatic heterocycles. The lowest BCUT2D eigenvalue weighted by atomic mass is 9.96. The van der Waals surface area contributed by atoms with Gasteiger partial charge in [-0.3, -0.25) is 4.40 Å². The second-order valence-corrected chi connectivity index (χ2v) is 5.32. The smallest absolute Gasteiger partial charge is 0.117 e. The molecule has 0 bridgehead atoms. The third kappa shape index (κ3) is 2.02. The minimum Gasteiger partial charge on any atom is -0.304 e. The van der Waals surface area contributed by atoms with Gasteiger partial charge in [0.25, 0.3) is 0 Å². The van der Waals surface area contributed by atoms with Crippen molar-refractivity contribution in [2.24, 2.45) is 0 Å². The van der Waals surface area contributed by atoms with Gasteiger partial charge in [0.1, 0.15) is 11.0 Å². The van der Waals surface area contributed by atoms with Gasteiger partial charge in [0.05, 0.1) is 11.7 Å². The van der Waals surface area contributed by atoms with E-state index >= 15 is 0 Å². The van der Waals surface area contributed by atoms with Gasteiger partial charge in [-0.1, -0.05) is 24.6 Å². The number of piperidine rings is 1. The molecule has 1 saturated heterocycles. The summed E-state index contributed by atoms with van der Waals surface area (Å²) in [5.74, 6) is 1.67. The zero-order valence-electron chi connectivity index (χ0n) is 10.6. The number of fused-ring (bicyclic) bond motifs is 1. The van der Waals surface area contributed by atoms with E-state index in [9.17, 15) is 0 Å². The molecule has 0 aromatic carbocycles. The lowest BCUT2D eigenvalue weighted by Crippen LogP contribution is -2.33. The maximum atomic E-state index is 6.29. The lowest BCUT2D eigenvalue weighted by molar-refractivity contribution is 0.219. The molecule has 1 aliphatic rings. The van der Waals surface area contributed by atoms with Crippen molar-refractivity contribution < 1.29 is 0 Å². The Labute approximate surface area is 112 Å². The van der Waals surface area contributed by atoms with Gasteiger partial charge < -0.3 is 4.90 Å². The first-order chi connectivity index (χ1) is 8.79. The van der Waals surface area contributed by atoms with Gasteiger partial charge in [0, 0.05) is 5.92 Å². The minimum absolute atomic E-state index is 0.537. The molecule has 4 heteroatoms. The highest BCUT2D eigenvalue weighted by Crippen LogP contribution is 2.29. The van der Waals surface area contributed by atoms with Crippen molar-refractivity contribution in [2.75, 3.05) is 19.6 Å². The molecule has 0 N–H and O–H groups in total. The topological polar surface area (TPSA) is 20.5 Å². The monoisotopic (exact) mass is 263 g/mol. The number of aromatic nitrogens is 2. The summed E-state index contributed by atoms with van der Waals surface area (Å²) in [7, 11) is 0. The number of likely N-dealkylation sites (tertiary alicyclic amines) is 1. The van der Waals surface area contributed by atoms with Gasteiger partial charge in [-0.2, -0.15) is 0 Å². The molecule has 96 valence electrons. The highest BCUT2D eigenvalue weighted by Gasteiger charge is 2.23. The molecule has 0 amide bonds. The van der Waals surface area contributed by atoms with Crippen LogP contribution in [0.5, 0.6) is 0 Å². The van der Waals surface area contributed by atoms with E-state index in [-0.39, 0.29) is 0 Å². The fourth-order valence-corrected chi connectivity index (χ4v) is 3.08. The molecule has 0 atom stereocenters. The van der Waals surface area contributed by atoms with E-state index in [4.69, 9.17) is 11.6 Å². The predicted molar refractivity (Wildman–Crippen MR) is 74.3 cm³/mol. The van der Waals surface area contributed by atoms with Crippen molar-refractivity contribution in [3.8, 4) is 0 Å². The third-order valence-electron chi connectivity index (χ3n) is 3.93. The number of nitrogens with zero attached hydrogens (tertiary/aromatic N) is 3. The Balaban J connectivity index is 1.91. The summed E-state index contributed by atoms with van der Waals surface area (Å²) in [5.41, 5.74) is 1.09. The SMILES string of the molecule is CCN1CCC(c2ncc3cccc(Cl)n23)CC1. The Hall–Kier alpha value is -1.06. The summed E-state index contributed by atoms with van der Waals surface area (Å²) in [4.78, 5) is 7.08. The Morgan fingerprint density at radius 3 is 2.83 bits per heavy atom. The van der Waals surface area contributed by atoms with Crippen molar-refractivity contribution in [3.63, 3.8) is 0 Å². The summed E-state index contributed by atoms with van der Waals surface area (Å²) < 4.78 is 2.09. The minimum atomic E-state index is 0.537. The molecule has 0 aliphatic carbocycles. The number of hydrogen-bond donors (Lipinski definition) is 0. The molecule has 2 aromatic rings. The van der Waals surface area contributed by atoms with Crippen LogP contribution in [0.2, 0.25) is 5.15 Å². The fourth-order valence-electron chi connectivity index (χ4n) is 2.83. The molecule has 0 saturated carbocycles. The summed E-state index contributed by atoms with van der Waals surface area (Å²) in [6, 6.07) is 5.97. The molecular formula is C14H18ClN3. The maximum Gasteiger partial charge on any atom is 0.117 e. The van der Waals surface area contributed by atoms with Crippen LogP contribution in [0.3, 0.4) is 0 Å². The van der Waals surface area contributed by atoms with Crippen LogP contribution in [0, 0.1) is 0 Å². The maximum absolute atomic E-state index is 6.29. The van der Waals surface area contributed by atoms with E-state index in [2.05, 4.69) is 27.3 Å². The van der Waals surface area contributed by atoms with Gasteiger partial charge >= 0.3 is 0 Å². The highest BCUT2D eigenvalue weighted by molar-refractivity contribution is 6.29. The van der Waals surface area contributed by atoms with Gasteiger partial charge in [0.2, 0.25) is 0 Å². The number of imidazole rings is 1. The Morgan fingerprint density at radius 1 is 1.33 bits per heavy atom. The predicted octanol–water partition coefficient (Wildman–Crippen LogP) is 3.19. The number of rotatable bonds is 2. The Kier molecular flexibility index (Phi) is 3.27. The van der Waals surface area contributed by atoms with Gasteiger partial charge in [-0.05, 0) is 44.6 Å². The van der Waals surface area contributed by atoms with Crippen LogP contribution in [0.25, 0.3) is 5.52 Å². The summed E-state index contributed by atoms with van der Waals surface area (Å²) in [5, 5.41) is 0.762. The van der Waals surface area contributed by atoms with Gasteiger partial charge in [-0.15, -0.1) is 0 Å². The van der Waals surface area contributed by atoms with Crippen molar-refractivity contribution >= 4 is 17.1 Å². The lowest BCUT2D eigenvalue weighted by Gasteiger charge is -2.30. The van der Waals surface area contributed by atoms with E-state index in [1.807, 2.05) is 18.3 Å². The number of pyridine rings is 1. The van der Waals surface area contributed by atoms with Crippen molar-refractivity contribution in [2.45, 2.75) is 25.7 Å². The van der Waals surface area contributed by atoms with E-state index in [1.54, 1.807) is 0 Å². The molecule has 18 heavy (non-hydrogen) atoms. The summed E-state index contributed by atoms with van der Waals surface area (Å²) in [6.45, 7) is 5.71. The van der Waals surface area contributed by atoms with Crippen molar-refractivity contribution in [3.05, 3.63) is 35.4 Å². The molecule has 3 rings (SSSR count). The first-order valence-corrected chi connectivity index (χ1v) is 7.01. The average molecular weight is 264 g/mol. The molecule has 0 spiro atoms.